The Hall–Kier alpha value is -1.55. The van der Waals surface area contributed by atoms with Crippen LogP contribution < -0.4 is 5.32 Å². The summed E-state index contributed by atoms with van der Waals surface area (Å²) in [7, 11) is 0. The first-order valence-corrected chi connectivity index (χ1v) is 6.26. The molecule has 0 spiro atoms. The Morgan fingerprint density at radius 2 is 2.17 bits per heavy atom. The van der Waals surface area contributed by atoms with Gasteiger partial charge < -0.3 is 14.8 Å². The van der Waals surface area contributed by atoms with E-state index in [9.17, 15) is 4.79 Å². The van der Waals surface area contributed by atoms with Gasteiger partial charge in [-0.2, -0.15) is 0 Å². The van der Waals surface area contributed by atoms with Crippen LogP contribution in [0.2, 0.25) is 0 Å². The number of carbonyl (C=O) groups excluding carboxylic acids is 1. The predicted octanol–water partition coefficient (Wildman–Crippen LogP) is 2.13. The molecule has 1 fully saturated rings. The summed E-state index contributed by atoms with van der Waals surface area (Å²) in [6.45, 7) is 5.17. The van der Waals surface area contributed by atoms with Gasteiger partial charge in [0.1, 0.15) is 0 Å². The Kier molecular flexibility index (Phi) is 3.87. The van der Waals surface area contributed by atoms with Gasteiger partial charge in [-0.05, 0) is 26.0 Å². The lowest BCUT2D eigenvalue weighted by Crippen LogP contribution is -2.48. The molecule has 0 aromatic heterocycles. The predicted molar refractivity (Wildman–Crippen MR) is 69.6 cm³/mol. The number of anilines is 1. The standard InChI is InChI=1S/C14H19NO3/c1-3-18-13(16)14(8-9-17-10-14)15-12-6-4-11(2)5-7-12/h4-7,15H,3,8-10H2,1-2H3. The molecule has 1 unspecified atom stereocenters. The van der Waals surface area contributed by atoms with Crippen LogP contribution in [0.1, 0.15) is 18.9 Å². The van der Waals surface area contributed by atoms with Crippen molar-refractivity contribution in [3.8, 4) is 0 Å². The first-order valence-electron chi connectivity index (χ1n) is 6.26. The van der Waals surface area contributed by atoms with E-state index in [-0.39, 0.29) is 5.97 Å². The lowest BCUT2D eigenvalue weighted by Gasteiger charge is -2.27. The van der Waals surface area contributed by atoms with Crippen molar-refractivity contribution >= 4 is 11.7 Å². The molecule has 1 aromatic carbocycles. The minimum absolute atomic E-state index is 0.233. The third-order valence-corrected chi connectivity index (χ3v) is 3.12. The van der Waals surface area contributed by atoms with Crippen LogP contribution in [-0.2, 0) is 14.3 Å². The quantitative estimate of drug-likeness (QED) is 0.830. The molecule has 1 saturated heterocycles. The van der Waals surface area contributed by atoms with Gasteiger partial charge in [0.25, 0.3) is 0 Å². The monoisotopic (exact) mass is 249 g/mol. The zero-order chi connectivity index (χ0) is 13.0. The van der Waals surface area contributed by atoms with Crippen molar-refractivity contribution in [1.82, 2.24) is 0 Å². The lowest BCUT2D eigenvalue weighted by atomic mass is 9.98. The molecule has 4 nitrogen and oxygen atoms in total. The molecule has 0 radical (unpaired) electrons. The van der Waals surface area contributed by atoms with E-state index in [1.807, 2.05) is 38.1 Å². The van der Waals surface area contributed by atoms with Crippen molar-refractivity contribution in [2.45, 2.75) is 25.8 Å². The molecule has 1 aromatic rings. The second kappa shape index (κ2) is 5.40. The summed E-state index contributed by atoms with van der Waals surface area (Å²) in [6, 6.07) is 7.96. The van der Waals surface area contributed by atoms with Gasteiger partial charge in [-0.15, -0.1) is 0 Å². The Morgan fingerprint density at radius 3 is 2.72 bits per heavy atom. The number of ether oxygens (including phenoxy) is 2. The molecule has 0 bridgehead atoms. The molecule has 1 aliphatic rings. The average molecular weight is 249 g/mol. The molecule has 98 valence electrons. The molecule has 4 heteroatoms. The fourth-order valence-electron chi connectivity index (χ4n) is 2.06. The maximum Gasteiger partial charge on any atom is 0.334 e. The Balaban J connectivity index is 2.15. The van der Waals surface area contributed by atoms with Gasteiger partial charge in [-0.1, -0.05) is 17.7 Å². The van der Waals surface area contributed by atoms with E-state index in [1.54, 1.807) is 0 Å². The van der Waals surface area contributed by atoms with Crippen LogP contribution in [0, 0.1) is 6.92 Å². The smallest absolute Gasteiger partial charge is 0.334 e. The van der Waals surface area contributed by atoms with E-state index in [2.05, 4.69) is 5.32 Å². The van der Waals surface area contributed by atoms with Gasteiger partial charge in [-0.25, -0.2) is 4.79 Å². The number of benzene rings is 1. The highest BCUT2D eigenvalue weighted by molar-refractivity contribution is 5.85. The molecule has 1 heterocycles. The van der Waals surface area contributed by atoms with E-state index in [4.69, 9.17) is 9.47 Å². The van der Waals surface area contributed by atoms with Crippen molar-refractivity contribution in [3.63, 3.8) is 0 Å². The molecule has 2 rings (SSSR count). The Morgan fingerprint density at radius 1 is 1.44 bits per heavy atom. The van der Waals surface area contributed by atoms with Crippen LogP contribution >= 0.6 is 0 Å². The third kappa shape index (κ3) is 2.64. The lowest BCUT2D eigenvalue weighted by molar-refractivity contribution is -0.148. The van der Waals surface area contributed by atoms with Crippen molar-refractivity contribution < 1.29 is 14.3 Å². The molecular formula is C14H19NO3. The van der Waals surface area contributed by atoms with E-state index in [0.29, 0.717) is 26.2 Å². The molecule has 0 saturated carbocycles. The first-order chi connectivity index (χ1) is 8.66. The number of nitrogens with one attached hydrogen (secondary N) is 1. The number of hydrogen-bond acceptors (Lipinski definition) is 4. The molecular weight excluding hydrogens is 230 g/mol. The van der Waals surface area contributed by atoms with E-state index in [0.717, 1.165) is 5.69 Å². The zero-order valence-electron chi connectivity index (χ0n) is 10.9. The highest BCUT2D eigenvalue weighted by Crippen LogP contribution is 2.26. The van der Waals surface area contributed by atoms with Crippen LogP contribution in [0.5, 0.6) is 0 Å². The SMILES string of the molecule is CCOC(=O)C1(Nc2ccc(C)cc2)CCOC1. The van der Waals surface area contributed by atoms with E-state index >= 15 is 0 Å². The minimum Gasteiger partial charge on any atom is -0.464 e. The van der Waals surface area contributed by atoms with E-state index in [1.165, 1.54) is 5.56 Å². The Labute approximate surface area is 107 Å². The maximum atomic E-state index is 12.1. The van der Waals surface area contributed by atoms with Crippen molar-refractivity contribution in [2.75, 3.05) is 25.1 Å². The summed E-state index contributed by atoms with van der Waals surface area (Å²) in [4.78, 5) is 12.1. The average Bonchev–Trinajstić information content (AvgIpc) is 2.82. The topological polar surface area (TPSA) is 47.6 Å². The minimum atomic E-state index is -0.731. The van der Waals surface area contributed by atoms with Crippen molar-refractivity contribution in [1.29, 1.82) is 0 Å². The molecule has 1 atom stereocenters. The van der Waals surface area contributed by atoms with Gasteiger partial charge in [-0.3, -0.25) is 0 Å². The summed E-state index contributed by atoms with van der Waals surface area (Å²) >= 11 is 0. The Bertz CT molecular complexity index is 408. The maximum absolute atomic E-state index is 12.1. The summed E-state index contributed by atoms with van der Waals surface area (Å²) in [6.07, 6.45) is 0.639. The summed E-state index contributed by atoms with van der Waals surface area (Å²) < 4.78 is 10.5. The third-order valence-electron chi connectivity index (χ3n) is 3.12. The number of aryl methyl sites for hydroxylation is 1. The molecule has 1 N–H and O–H groups in total. The summed E-state index contributed by atoms with van der Waals surface area (Å²) in [5, 5.41) is 3.27. The fraction of sp³-hybridized carbons (Fsp3) is 0.500. The highest BCUT2D eigenvalue weighted by atomic mass is 16.5. The fourth-order valence-corrected chi connectivity index (χ4v) is 2.06. The highest BCUT2D eigenvalue weighted by Gasteiger charge is 2.43. The number of carbonyl (C=O) groups is 1. The number of rotatable bonds is 4. The largest absolute Gasteiger partial charge is 0.464 e. The normalized spacial score (nSPS) is 22.8. The van der Waals surface area contributed by atoms with E-state index < -0.39 is 5.54 Å². The zero-order valence-corrected chi connectivity index (χ0v) is 10.9. The summed E-state index contributed by atoms with van der Waals surface area (Å²) in [5.74, 6) is -0.233. The van der Waals surface area contributed by atoms with Gasteiger partial charge >= 0.3 is 5.97 Å². The van der Waals surface area contributed by atoms with Gasteiger partial charge in [0.2, 0.25) is 0 Å². The molecule has 0 aliphatic carbocycles. The second-order valence-electron chi connectivity index (χ2n) is 4.60. The van der Waals surface area contributed by atoms with Crippen LogP contribution in [0.25, 0.3) is 0 Å². The van der Waals surface area contributed by atoms with Crippen LogP contribution in [0.4, 0.5) is 5.69 Å². The van der Waals surface area contributed by atoms with Gasteiger partial charge in [0.15, 0.2) is 5.54 Å². The molecule has 0 amide bonds. The van der Waals surface area contributed by atoms with Crippen molar-refractivity contribution in [3.05, 3.63) is 29.8 Å². The molecule has 1 aliphatic heterocycles. The van der Waals surface area contributed by atoms with Gasteiger partial charge in [0, 0.05) is 18.7 Å². The van der Waals surface area contributed by atoms with Crippen molar-refractivity contribution in [2.24, 2.45) is 0 Å². The van der Waals surface area contributed by atoms with Crippen LogP contribution in [0.15, 0.2) is 24.3 Å². The van der Waals surface area contributed by atoms with Crippen LogP contribution in [-0.4, -0.2) is 31.3 Å². The first kappa shape index (κ1) is 12.9. The summed E-state index contributed by atoms with van der Waals surface area (Å²) in [5.41, 5.74) is 1.37. The van der Waals surface area contributed by atoms with Gasteiger partial charge in [0.05, 0.1) is 13.2 Å². The van der Waals surface area contributed by atoms with Crippen LogP contribution in [0.3, 0.4) is 0 Å². The second-order valence-corrected chi connectivity index (χ2v) is 4.60. The number of hydrogen-bond donors (Lipinski definition) is 1. The number of esters is 1. The molecule has 18 heavy (non-hydrogen) atoms.